The summed E-state index contributed by atoms with van der Waals surface area (Å²) >= 11 is 0. The predicted molar refractivity (Wildman–Crippen MR) is 124 cm³/mol. The van der Waals surface area contributed by atoms with Crippen molar-refractivity contribution < 1.29 is 18.0 Å². The number of Topliss-reactive ketones (excluding diaryl/α,β-unsaturated/α-hetero) is 1. The number of hydrogen-bond acceptors (Lipinski definition) is 5. The Bertz CT molecular complexity index is 1230. The first-order valence-electron chi connectivity index (χ1n) is 10.5. The zero-order valence-electron chi connectivity index (χ0n) is 17.5. The highest BCUT2D eigenvalue weighted by molar-refractivity contribution is 7.89. The standard InChI is InChI=1S/C25H24N2O4S/c28-24(20-11-8-12-21(17-20)32(30,31)27-15-6-7-16-27)18-26-23-14-5-4-13-22(23)25(29)19-9-2-1-3-10-19/h1-5,8-14,17,26H,6-7,15-16,18H2. The zero-order chi connectivity index (χ0) is 22.6. The maximum Gasteiger partial charge on any atom is 0.243 e. The van der Waals surface area contributed by atoms with E-state index in [0.29, 0.717) is 35.5 Å². The largest absolute Gasteiger partial charge is 0.377 e. The minimum Gasteiger partial charge on any atom is -0.377 e. The molecule has 0 atom stereocenters. The molecule has 3 aromatic rings. The Morgan fingerprint density at radius 3 is 2.22 bits per heavy atom. The van der Waals surface area contributed by atoms with Crippen LogP contribution in [0.2, 0.25) is 0 Å². The van der Waals surface area contributed by atoms with E-state index in [9.17, 15) is 18.0 Å². The first-order chi connectivity index (χ1) is 15.5. The van der Waals surface area contributed by atoms with E-state index in [1.54, 1.807) is 60.7 Å². The van der Waals surface area contributed by atoms with Crippen LogP contribution in [-0.2, 0) is 10.0 Å². The maximum atomic E-state index is 12.9. The molecule has 4 rings (SSSR count). The molecule has 164 valence electrons. The lowest BCUT2D eigenvalue weighted by Gasteiger charge is -2.16. The fourth-order valence-electron chi connectivity index (χ4n) is 3.77. The lowest BCUT2D eigenvalue weighted by atomic mass is 10.0. The van der Waals surface area contributed by atoms with E-state index in [1.807, 2.05) is 6.07 Å². The molecule has 1 aliphatic heterocycles. The second-order valence-corrected chi connectivity index (χ2v) is 9.59. The van der Waals surface area contributed by atoms with Gasteiger partial charge in [0.1, 0.15) is 0 Å². The van der Waals surface area contributed by atoms with Crippen molar-refractivity contribution in [1.82, 2.24) is 4.31 Å². The number of rotatable bonds is 8. The van der Waals surface area contributed by atoms with Crippen LogP contribution in [0.3, 0.4) is 0 Å². The molecule has 0 spiro atoms. The molecule has 0 amide bonds. The van der Waals surface area contributed by atoms with E-state index in [4.69, 9.17) is 0 Å². The van der Waals surface area contributed by atoms with Gasteiger partial charge in [0, 0.05) is 35.5 Å². The molecule has 0 unspecified atom stereocenters. The SMILES string of the molecule is O=C(CNc1ccccc1C(=O)c1ccccc1)c1cccc(S(=O)(=O)N2CCCC2)c1. The van der Waals surface area contributed by atoms with Crippen LogP contribution in [0.5, 0.6) is 0 Å². The van der Waals surface area contributed by atoms with E-state index in [0.717, 1.165) is 12.8 Å². The molecule has 1 saturated heterocycles. The molecule has 1 fully saturated rings. The number of carbonyl (C=O) groups excluding carboxylic acids is 2. The molecular formula is C25H24N2O4S. The third-order valence-electron chi connectivity index (χ3n) is 5.51. The number of para-hydroxylation sites is 1. The van der Waals surface area contributed by atoms with Crippen LogP contribution < -0.4 is 5.32 Å². The molecule has 32 heavy (non-hydrogen) atoms. The molecule has 1 N–H and O–H groups in total. The van der Waals surface area contributed by atoms with Gasteiger partial charge in [-0.2, -0.15) is 4.31 Å². The average Bonchev–Trinajstić information content (AvgIpc) is 3.39. The van der Waals surface area contributed by atoms with Crippen molar-refractivity contribution in [2.75, 3.05) is 25.0 Å². The minimum absolute atomic E-state index is 0.0632. The summed E-state index contributed by atoms with van der Waals surface area (Å²) in [6.07, 6.45) is 1.70. The smallest absolute Gasteiger partial charge is 0.243 e. The lowest BCUT2D eigenvalue weighted by molar-refractivity contribution is 0.100. The van der Waals surface area contributed by atoms with Gasteiger partial charge < -0.3 is 5.32 Å². The van der Waals surface area contributed by atoms with E-state index in [-0.39, 0.29) is 23.0 Å². The zero-order valence-corrected chi connectivity index (χ0v) is 18.3. The molecule has 0 aromatic heterocycles. The third-order valence-corrected chi connectivity index (χ3v) is 7.40. The quantitative estimate of drug-likeness (QED) is 0.527. The second-order valence-electron chi connectivity index (χ2n) is 7.66. The Morgan fingerprint density at radius 1 is 0.812 bits per heavy atom. The predicted octanol–water partition coefficient (Wildman–Crippen LogP) is 4.00. The van der Waals surface area contributed by atoms with Gasteiger partial charge >= 0.3 is 0 Å². The third kappa shape index (κ3) is 4.64. The van der Waals surface area contributed by atoms with Gasteiger partial charge in [-0.1, -0.05) is 54.6 Å². The van der Waals surface area contributed by atoms with Crippen molar-refractivity contribution in [2.24, 2.45) is 0 Å². The summed E-state index contributed by atoms with van der Waals surface area (Å²) in [7, 11) is -3.59. The van der Waals surface area contributed by atoms with Crippen LogP contribution in [0.25, 0.3) is 0 Å². The first kappa shape index (κ1) is 21.9. The Morgan fingerprint density at radius 2 is 1.47 bits per heavy atom. The molecule has 1 heterocycles. The van der Waals surface area contributed by atoms with E-state index in [2.05, 4.69) is 5.32 Å². The van der Waals surface area contributed by atoms with Gasteiger partial charge in [-0.3, -0.25) is 9.59 Å². The number of carbonyl (C=O) groups is 2. The maximum absolute atomic E-state index is 12.9. The summed E-state index contributed by atoms with van der Waals surface area (Å²) in [5, 5.41) is 3.05. The molecule has 7 heteroatoms. The van der Waals surface area contributed by atoms with E-state index < -0.39 is 10.0 Å². The molecule has 0 saturated carbocycles. The van der Waals surface area contributed by atoms with Crippen LogP contribution in [0.1, 0.15) is 39.1 Å². The van der Waals surface area contributed by atoms with E-state index in [1.165, 1.54) is 16.4 Å². The van der Waals surface area contributed by atoms with E-state index >= 15 is 0 Å². The molecular weight excluding hydrogens is 424 g/mol. The summed E-state index contributed by atoms with van der Waals surface area (Å²) in [4.78, 5) is 25.8. The van der Waals surface area contributed by atoms with Gasteiger partial charge in [-0.15, -0.1) is 0 Å². The van der Waals surface area contributed by atoms with Gasteiger partial charge in [0.15, 0.2) is 11.6 Å². The van der Waals surface area contributed by atoms with Gasteiger partial charge in [-0.25, -0.2) is 8.42 Å². The number of benzene rings is 3. The topological polar surface area (TPSA) is 83.5 Å². The summed E-state index contributed by atoms with van der Waals surface area (Å²) in [5.41, 5.74) is 1.89. The number of nitrogens with zero attached hydrogens (tertiary/aromatic N) is 1. The first-order valence-corrected chi connectivity index (χ1v) is 12.0. The number of sulfonamides is 1. The summed E-state index contributed by atoms with van der Waals surface area (Å²) in [6, 6.07) is 22.1. The van der Waals surface area contributed by atoms with Crippen LogP contribution in [0.4, 0.5) is 5.69 Å². The highest BCUT2D eigenvalue weighted by atomic mass is 32.2. The van der Waals surface area contributed by atoms with Crippen molar-refractivity contribution in [1.29, 1.82) is 0 Å². The van der Waals surface area contributed by atoms with Crippen LogP contribution in [-0.4, -0.2) is 43.9 Å². The monoisotopic (exact) mass is 448 g/mol. The fourth-order valence-corrected chi connectivity index (χ4v) is 5.33. The van der Waals surface area contributed by atoms with Gasteiger partial charge in [0.05, 0.1) is 11.4 Å². The Hall–Kier alpha value is -3.29. The van der Waals surface area contributed by atoms with Crippen molar-refractivity contribution in [2.45, 2.75) is 17.7 Å². The minimum atomic E-state index is -3.59. The van der Waals surface area contributed by atoms with Gasteiger partial charge in [0.2, 0.25) is 10.0 Å². The Labute approximate surface area is 187 Å². The Kier molecular flexibility index (Phi) is 6.48. The lowest BCUT2D eigenvalue weighted by Crippen LogP contribution is -2.28. The highest BCUT2D eigenvalue weighted by Gasteiger charge is 2.27. The fraction of sp³-hybridized carbons (Fsp3) is 0.200. The molecule has 3 aromatic carbocycles. The number of ketones is 2. The summed E-state index contributed by atoms with van der Waals surface area (Å²) < 4.78 is 27.1. The number of hydrogen-bond donors (Lipinski definition) is 1. The van der Waals surface area contributed by atoms with Crippen LogP contribution in [0, 0.1) is 0 Å². The van der Waals surface area contributed by atoms with Crippen molar-refractivity contribution in [3.63, 3.8) is 0 Å². The second kappa shape index (κ2) is 9.46. The molecule has 6 nitrogen and oxygen atoms in total. The normalized spacial score (nSPS) is 14.2. The number of anilines is 1. The van der Waals surface area contributed by atoms with Crippen LogP contribution >= 0.6 is 0 Å². The van der Waals surface area contributed by atoms with Crippen molar-refractivity contribution in [3.05, 3.63) is 95.6 Å². The van der Waals surface area contributed by atoms with Crippen molar-refractivity contribution in [3.8, 4) is 0 Å². The summed E-state index contributed by atoms with van der Waals surface area (Å²) in [6.45, 7) is 0.953. The van der Waals surface area contributed by atoms with Crippen molar-refractivity contribution >= 4 is 27.3 Å². The molecule has 0 aliphatic carbocycles. The van der Waals surface area contributed by atoms with Gasteiger partial charge in [0.25, 0.3) is 0 Å². The number of nitrogens with one attached hydrogen (secondary N) is 1. The summed E-state index contributed by atoms with van der Waals surface area (Å²) in [5.74, 6) is -0.398. The van der Waals surface area contributed by atoms with Crippen LogP contribution in [0.15, 0.2) is 83.8 Å². The molecule has 1 aliphatic rings. The average molecular weight is 449 g/mol. The Balaban J connectivity index is 1.50. The van der Waals surface area contributed by atoms with Gasteiger partial charge in [-0.05, 0) is 37.1 Å². The molecule has 0 bridgehead atoms. The highest BCUT2D eigenvalue weighted by Crippen LogP contribution is 2.23. The molecule has 0 radical (unpaired) electrons.